The van der Waals surface area contributed by atoms with Gasteiger partial charge in [0.05, 0.1) is 34.5 Å². The van der Waals surface area contributed by atoms with Gasteiger partial charge in [0.1, 0.15) is 17.1 Å². The molecule has 0 aliphatic carbocycles. The lowest BCUT2D eigenvalue weighted by Crippen LogP contribution is -2.73. The third-order valence-corrected chi connectivity index (χ3v) is 5.59. The van der Waals surface area contributed by atoms with E-state index in [0.717, 1.165) is 30.0 Å². The second-order valence-corrected chi connectivity index (χ2v) is 7.70. The zero-order chi connectivity index (χ0) is 24.5. The van der Waals surface area contributed by atoms with Crippen molar-refractivity contribution in [3.05, 3.63) is 66.3 Å². The maximum absolute atomic E-state index is 12.5. The largest absolute Gasteiger partial charge is 0.494 e. The smallest absolute Gasteiger partial charge is 0.359 e. The van der Waals surface area contributed by atoms with Gasteiger partial charge in [-0.25, -0.2) is 4.79 Å². The number of nitrogens with zero attached hydrogens (tertiary/aromatic N) is 3. The number of morpholine rings is 1. The summed E-state index contributed by atoms with van der Waals surface area (Å²) in [6.07, 6.45) is 3.68. The maximum Gasteiger partial charge on any atom is 0.359 e. The first-order chi connectivity index (χ1) is 16.5. The molecule has 0 atom stereocenters. The van der Waals surface area contributed by atoms with Crippen molar-refractivity contribution in [1.82, 2.24) is 0 Å². The first-order valence-corrected chi connectivity index (χ1v) is 11.2. The van der Waals surface area contributed by atoms with Crippen LogP contribution >= 0.6 is 0 Å². The molecule has 0 radical (unpaired) electrons. The van der Waals surface area contributed by atoms with Crippen LogP contribution in [0.4, 0.5) is 17.1 Å². The number of para-hydroxylation sites is 1. The lowest BCUT2D eigenvalue weighted by molar-refractivity contribution is -0.539. The highest BCUT2D eigenvalue weighted by Crippen LogP contribution is 2.33. The van der Waals surface area contributed by atoms with E-state index < -0.39 is 5.97 Å². The lowest BCUT2D eigenvalue weighted by Gasteiger charge is -2.29. The van der Waals surface area contributed by atoms with Crippen LogP contribution in [-0.4, -0.2) is 66.3 Å². The Labute approximate surface area is 201 Å². The average molecular weight is 466 g/mol. The molecule has 0 saturated carbocycles. The fourth-order valence-electron chi connectivity index (χ4n) is 3.68. The molecule has 3 rings (SSSR count). The maximum atomic E-state index is 12.5. The Hall–Kier alpha value is -3.62. The molecule has 1 fully saturated rings. The first-order valence-electron chi connectivity index (χ1n) is 11.2. The Balaban J connectivity index is 1.87. The van der Waals surface area contributed by atoms with Gasteiger partial charge in [0.15, 0.2) is 5.71 Å². The Kier molecular flexibility index (Phi) is 8.84. The molecule has 8 heteroatoms. The van der Waals surface area contributed by atoms with Gasteiger partial charge in [-0.15, -0.1) is 0 Å². The van der Waals surface area contributed by atoms with E-state index in [1.165, 1.54) is 7.11 Å². The molecule has 0 unspecified atom stereocenters. The number of carbonyl (C=O) groups excluding carboxylic acids is 1. The average Bonchev–Trinajstić information content (AvgIpc) is 2.89. The molecule has 1 aliphatic rings. The van der Waals surface area contributed by atoms with Crippen molar-refractivity contribution in [2.24, 2.45) is 5.10 Å². The van der Waals surface area contributed by atoms with Crippen LogP contribution < -0.4 is 20.0 Å². The summed E-state index contributed by atoms with van der Waals surface area (Å²) >= 11 is 0. The quantitative estimate of drug-likeness (QED) is 0.202. The molecule has 0 aromatic heterocycles. The van der Waals surface area contributed by atoms with E-state index in [2.05, 4.69) is 16.6 Å². The number of hydrogen-bond donors (Lipinski definition) is 1. The molecule has 0 amide bonds. The molecular weight excluding hydrogens is 432 g/mol. The monoisotopic (exact) mass is 465 g/mol. The van der Waals surface area contributed by atoms with Crippen LogP contribution in [-0.2, 0) is 14.3 Å². The van der Waals surface area contributed by atoms with Gasteiger partial charge in [-0.1, -0.05) is 24.8 Å². The van der Waals surface area contributed by atoms with Gasteiger partial charge >= 0.3 is 5.97 Å². The topological polar surface area (TPSA) is 80.2 Å². The van der Waals surface area contributed by atoms with Crippen LogP contribution in [0.1, 0.15) is 5.56 Å². The van der Waals surface area contributed by atoms with Crippen LogP contribution in [0, 0.1) is 0 Å². The van der Waals surface area contributed by atoms with E-state index in [1.54, 1.807) is 25.2 Å². The molecule has 34 heavy (non-hydrogen) atoms. The lowest BCUT2D eigenvalue weighted by atomic mass is 10.1. The molecule has 1 aliphatic heterocycles. The predicted octanol–water partition coefficient (Wildman–Crippen LogP) is 2.59. The minimum atomic E-state index is -0.569. The Morgan fingerprint density at radius 3 is 2.62 bits per heavy atom. The van der Waals surface area contributed by atoms with Crippen LogP contribution in [0.15, 0.2) is 65.8 Å². The van der Waals surface area contributed by atoms with Crippen molar-refractivity contribution in [3.8, 4) is 5.75 Å². The molecule has 1 saturated heterocycles. The third kappa shape index (κ3) is 6.03. The van der Waals surface area contributed by atoms with E-state index in [0.29, 0.717) is 30.2 Å². The molecule has 8 nitrogen and oxygen atoms in total. The van der Waals surface area contributed by atoms with E-state index in [-0.39, 0.29) is 5.71 Å². The van der Waals surface area contributed by atoms with Crippen LogP contribution in [0.3, 0.4) is 0 Å². The van der Waals surface area contributed by atoms with Crippen molar-refractivity contribution >= 4 is 34.8 Å². The number of quaternary nitrogens is 1. The van der Waals surface area contributed by atoms with Crippen molar-refractivity contribution in [2.45, 2.75) is 0 Å². The summed E-state index contributed by atoms with van der Waals surface area (Å²) in [7, 11) is 6.68. The Bertz CT molecular complexity index is 1070. The number of nitrogens with two attached hydrogens (primary N) is 1. The number of anilines is 2. The van der Waals surface area contributed by atoms with Gasteiger partial charge in [-0.2, -0.15) is 5.10 Å². The van der Waals surface area contributed by atoms with Crippen molar-refractivity contribution in [3.63, 3.8) is 0 Å². The first kappa shape index (κ1) is 25.0. The van der Waals surface area contributed by atoms with Gasteiger partial charge < -0.3 is 24.4 Å². The van der Waals surface area contributed by atoms with E-state index in [1.807, 2.05) is 60.9 Å². The van der Waals surface area contributed by atoms with E-state index in [4.69, 9.17) is 14.2 Å². The molecule has 180 valence electrons. The second-order valence-electron chi connectivity index (χ2n) is 7.70. The highest BCUT2D eigenvalue weighted by molar-refractivity contribution is 6.44. The van der Waals surface area contributed by atoms with Gasteiger partial charge in [-0.05, 0) is 30.3 Å². The normalized spacial score (nSPS) is 14.2. The highest BCUT2D eigenvalue weighted by Gasteiger charge is 2.19. The van der Waals surface area contributed by atoms with Crippen molar-refractivity contribution in [1.29, 1.82) is 0 Å². The second kappa shape index (κ2) is 12.0. The summed E-state index contributed by atoms with van der Waals surface area (Å²) in [5.74, 6) is 0.0776. The number of hydrazone groups is 1. The number of carbonyl (C=O) groups is 1. The summed E-state index contributed by atoms with van der Waals surface area (Å²) < 4.78 is 16.0. The fourth-order valence-corrected chi connectivity index (χ4v) is 3.68. The number of hydrogen-bond acceptors (Lipinski definition) is 7. The number of benzene rings is 2. The van der Waals surface area contributed by atoms with Gasteiger partial charge in [0, 0.05) is 43.0 Å². The number of allylic oxidation sites excluding steroid dienone is 1. The minimum Gasteiger partial charge on any atom is -0.494 e. The molecular formula is C26H33N4O4+. The summed E-state index contributed by atoms with van der Waals surface area (Å²) in [5, 5.41) is 8.15. The van der Waals surface area contributed by atoms with Crippen LogP contribution in [0.25, 0.3) is 6.08 Å². The Morgan fingerprint density at radius 1 is 1.21 bits per heavy atom. The van der Waals surface area contributed by atoms with Crippen LogP contribution in [0.5, 0.6) is 5.75 Å². The molecule has 0 bridgehead atoms. The van der Waals surface area contributed by atoms with Crippen molar-refractivity contribution < 1.29 is 24.3 Å². The molecule has 2 aromatic carbocycles. The summed E-state index contributed by atoms with van der Waals surface area (Å²) in [6.45, 7) is 7.11. The Morgan fingerprint density at radius 2 is 1.94 bits per heavy atom. The molecule has 2 N–H and O–H groups in total. The molecule has 1 heterocycles. The molecule has 0 spiro atoms. The van der Waals surface area contributed by atoms with E-state index in [9.17, 15) is 4.79 Å². The number of methoxy groups -OCH3 is 2. The SMILES string of the molecule is C=C(C=Cc1ccccc1[NH2+]C)C(=NN(C)c1ccc(N2CCOCC2)cc1OC)C(=O)OC. The van der Waals surface area contributed by atoms with Crippen molar-refractivity contribution in [2.75, 3.05) is 64.5 Å². The number of rotatable bonds is 9. The van der Waals surface area contributed by atoms with Gasteiger partial charge in [0.25, 0.3) is 0 Å². The third-order valence-electron chi connectivity index (χ3n) is 5.59. The van der Waals surface area contributed by atoms with E-state index >= 15 is 0 Å². The number of ether oxygens (including phenoxy) is 3. The van der Waals surface area contributed by atoms with Gasteiger partial charge in [0.2, 0.25) is 0 Å². The van der Waals surface area contributed by atoms with Crippen LogP contribution in [0.2, 0.25) is 0 Å². The molecule has 2 aromatic rings. The summed E-state index contributed by atoms with van der Waals surface area (Å²) in [4.78, 5) is 14.8. The minimum absolute atomic E-state index is 0.110. The number of esters is 1. The summed E-state index contributed by atoms with van der Waals surface area (Å²) in [6, 6.07) is 13.9. The standard InChI is InChI=1S/C26H32N4O4/c1-19(10-11-20-8-6-7-9-22(20)27-2)25(26(31)33-5)28-29(3)23-13-12-21(18-24(23)32-4)30-14-16-34-17-15-30/h6-13,18,27H,1,14-17H2,2-5H3/p+1. The predicted molar refractivity (Wildman–Crippen MR) is 136 cm³/mol. The zero-order valence-electron chi connectivity index (χ0n) is 20.3. The zero-order valence-corrected chi connectivity index (χ0v) is 20.3. The fraction of sp³-hybridized carbons (Fsp3) is 0.308. The summed E-state index contributed by atoms with van der Waals surface area (Å²) in [5.41, 5.74) is 4.42. The van der Waals surface area contributed by atoms with Gasteiger partial charge in [-0.3, -0.25) is 5.01 Å². The highest BCUT2D eigenvalue weighted by atomic mass is 16.5.